The first-order valence-corrected chi connectivity index (χ1v) is 9.82. The number of nitrogens with one attached hydrogen (secondary N) is 1. The number of benzene rings is 2. The van der Waals surface area contributed by atoms with Crippen LogP contribution in [0.1, 0.15) is 12.8 Å². The molecule has 154 valence electrons. The van der Waals surface area contributed by atoms with Crippen LogP contribution in [-0.2, 0) is 0 Å². The smallest absolute Gasteiger partial charge is 0.321 e. The number of piperidine rings is 1. The minimum atomic E-state index is -0.324. The first-order chi connectivity index (χ1) is 14.7. The molecule has 30 heavy (non-hydrogen) atoms. The Balaban J connectivity index is 1.19. The molecule has 7 nitrogen and oxygen atoms in total. The number of hydrogen-bond donors (Lipinski definition) is 1. The van der Waals surface area contributed by atoms with Gasteiger partial charge in [0.1, 0.15) is 17.7 Å². The Morgan fingerprint density at radius 3 is 2.80 bits per heavy atom. The van der Waals surface area contributed by atoms with Crippen molar-refractivity contribution in [3.05, 3.63) is 54.5 Å². The van der Waals surface area contributed by atoms with Crippen LogP contribution in [0.15, 0.2) is 48.7 Å². The van der Waals surface area contributed by atoms with Crippen LogP contribution in [0, 0.1) is 5.82 Å². The highest BCUT2D eigenvalue weighted by atomic mass is 19.1. The second kappa shape index (κ2) is 7.70. The molecule has 8 heteroatoms. The molecular weight excluding hydrogens is 389 g/mol. The number of halogens is 1. The first-order valence-electron chi connectivity index (χ1n) is 9.82. The van der Waals surface area contributed by atoms with Gasteiger partial charge in [-0.3, -0.25) is 4.98 Å². The lowest BCUT2D eigenvalue weighted by atomic mass is 10.1. The molecule has 1 saturated heterocycles. The van der Waals surface area contributed by atoms with Gasteiger partial charge < -0.3 is 24.4 Å². The van der Waals surface area contributed by atoms with Gasteiger partial charge in [0.2, 0.25) is 6.79 Å². The van der Waals surface area contributed by atoms with Crippen molar-refractivity contribution in [3.8, 4) is 17.2 Å². The number of amides is 2. The maximum Gasteiger partial charge on any atom is 0.321 e. The number of aromatic nitrogens is 1. The van der Waals surface area contributed by atoms with Crippen LogP contribution in [0.4, 0.5) is 14.9 Å². The van der Waals surface area contributed by atoms with Crippen molar-refractivity contribution in [1.82, 2.24) is 9.88 Å². The number of anilines is 1. The van der Waals surface area contributed by atoms with E-state index in [9.17, 15) is 9.18 Å². The van der Waals surface area contributed by atoms with E-state index in [1.54, 1.807) is 41.4 Å². The van der Waals surface area contributed by atoms with Crippen LogP contribution >= 0.6 is 0 Å². The van der Waals surface area contributed by atoms with Gasteiger partial charge in [0.05, 0.1) is 5.52 Å². The first kappa shape index (κ1) is 18.5. The van der Waals surface area contributed by atoms with E-state index in [0.29, 0.717) is 59.8 Å². The fourth-order valence-corrected chi connectivity index (χ4v) is 3.73. The zero-order valence-electron chi connectivity index (χ0n) is 16.1. The van der Waals surface area contributed by atoms with Gasteiger partial charge in [0, 0.05) is 49.3 Å². The van der Waals surface area contributed by atoms with Crippen LogP contribution in [0.3, 0.4) is 0 Å². The lowest BCUT2D eigenvalue weighted by Gasteiger charge is -2.32. The molecule has 1 aromatic heterocycles. The molecule has 2 aromatic carbocycles. The minimum absolute atomic E-state index is 0.0477. The van der Waals surface area contributed by atoms with Gasteiger partial charge in [-0.2, -0.15) is 0 Å². The number of nitrogens with zero attached hydrogens (tertiary/aromatic N) is 2. The van der Waals surface area contributed by atoms with Crippen LogP contribution < -0.4 is 19.5 Å². The molecule has 0 bridgehead atoms. The van der Waals surface area contributed by atoms with E-state index in [2.05, 4.69) is 10.3 Å². The summed E-state index contributed by atoms with van der Waals surface area (Å²) >= 11 is 0. The highest BCUT2D eigenvalue weighted by Gasteiger charge is 2.25. The standard InChI is InChI=1S/C22H20FN3O4/c23-14-1-3-18-17(11-14)19(5-8-24-18)30-16-6-9-26(10-7-16)22(27)25-15-2-4-20-21(12-15)29-13-28-20/h1-5,8,11-12,16H,6-7,9-10,13H2,(H,25,27). The van der Waals surface area contributed by atoms with Gasteiger partial charge in [0.25, 0.3) is 0 Å². The third kappa shape index (κ3) is 3.68. The maximum atomic E-state index is 13.6. The summed E-state index contributed by atoms with van der Waals surface area (Å²) in [6, 6.07) is 11.4. The molecule has 2 amide bonds. The molecule has 2 aliphatic heterocycles. The number of ether oxygens (including phenoxy) is 3. The minimum Gasteiger partial charge on any atom is -0.490 e. The molecule has 1 N–H and O–H groups in total. The zero-order chi connectivity index (χ0) is 20.5. The van der Waals surface area contributed by atoms with Crippen LogP contribution in [-0.4, -0.2) is 41.9 Å². The zero-order valence-corrected chi connectivity index (χ0v) is 16.1. The Labute approximate surface area is 172 Å². The van der Waals surface area contributed by atoms with Crippen molar-refractivity contribution in [2.75, 3.05) is 25.2 Å². The summed E-state index contributed by atoms with van der Waals surface area (Å²) in [5, 5.41) is 3.55. The number of rotatable bonds is 3. The molecule has 2 aliphatic rings. The van der Waals surface area contributed by atoms with Crippen LogP contribution in [0.2, 0.25) is 0 Å². The van der Waals surface area contributed by atoms with Gasteiger partial charge in [-0.05, 0) is 36.4 Å². The van der Waals surface area contributed by atoms with Crippen molar-refractivity contribution in [2.45, 2.75) is 18.9 Å². The third-order valence-electron chi connectivity index (χ3n) is 5.31. The van der Waals surface area contributed by atoms with E-state index in [1.165, 1.54) is 12.1 Å². The highest BCUT2D eigenvalue weighted by Crippen LogP contribution is 2.34. The van der Waals surface area contributed by atoms with E-state index >= 15 is 0 Å². The van der Waals surface area contributed by atoms with Gasteiger partial charge in [-0.1, -0.05) is 0 Å². The molecule has 0 spiro atoms. The maximum absolute atomic E-state index is 13.6. The van der Waals surface area contributed by atoms with Crippen molar-refractivity contribution in [1.29, 1.82) is 0 Å². The molecule has 0 unspecified atom stereocenters. The molecule has 0 saturated carbocycles. The average Bonchev–Trinajstić information content (AvgIpc) is 3.22. The van der Waals surface area contributed by atoms with Crippen LogP contribution in [0.5, 0.6) is 17.2 Å². The molecular formula is C22H20FN3O4. The average molecular weight is 409 g/mol. The Bertz CT molecular complexity index is 1100. The lowest BCUT2D eigenvalue weighted by molar-refractivity contribution is 0.117. The Kier molecular flexibility index (Phi) is 4.74. The summed E-state index contributed by atoms with van der Waals surface area (Å²) in [6.45, 7) is 1.33. The predicted molar refractivity (Wildman–Crippen MR) is 109 cm³/mol. The summed E-state index contributed by atoms with van der Waals surface area (Å²) < 4.78 is 30.4. The van der Waals surface area contributed by atoms with E-state index in [0.717, 1.165) is 0 Å². The Hall–Kier alpha value is -3.55. The van der Waals surface area contributed by atoms with Crippen LogP contribution in [0.25, 0.3) is 10.9 Å². The van der Waals surface area contributed by atoms with Crippen molar-refractivity contribution in [3.63, 3.8) is 0 Å². The summed E-state index contributed by atoms with van der Waals surface area (Å²) in [5.74, 6) is 1.59. The molecule has 0 atom stereocenters. The Morgan fingerprint density at radius 2 is 1.93 bits per heavy atom. The molecule has 5 rings (SSSR count). The van der Waals surface area contributed by atoms with E-state index in [4.69, 9.17) is 14.2 Å². The second-order valence-corrected chi connectivity index (χ2v) is 7.27. The number of urea groups is 1. The van der Waals surface area contributed by atoms with Crippen molar-refractivity contribution >= 4 is 22.6 Å². The summed E-state index contributed by atoms with van der Waals surface area (Å²) in [7, 11) is 0. The number of pyridine rings is 1. The van der Waals surface area contributed by atoms with Gasteiger partial charge in [-0.15, -0.1) is 0 Å². The monoisotopic (exact) mass is 409 g/mol. The Morgan fingerprint density at radius 1 is 1.10 bits per heavy atom. The quantitative estimate of drug-likeness (QED) is 0.703. The molecule has 3 heterocycles. The fraction of sp³-hybridized carbons (Fsp3) is 0.273. The summed E-state index contributed by atoms with van der Waals surface area (Å²) in [5.41, 5.74) is 1.35. The topological polar surface area (TPSA) is 72.9 Å². The predicted octanol–water partition coefficient (Wildman–Crippen LogP) is 4.18. The fourth-order valence-electron chi connectivity index (χ4n) is 3.73. The molecule has 3 aromatic rings. The SMILES string of the molecule is O=C(Nc1ccc2c(c1)OCO2)N1CCC(Oc2ccnc3ccc(F)cc23)CC1. The van der Waals surface area contributed by atoms with E-state index in [-0.39, 0.29) is 24.7 Å². The number of carbonyl (C=O) groups is 1. The van der Waals surface area contributed by atoms with Gasteiger partial charge >= 0.3 is 6.03 Å². The van der Waals surface area contributed by atoms with Crippen molar-refractivity contribution in [2.24, 2.45) is 0 Å². The summed E-state index contributed by atoms with van der Waals surface area (Å²) in [6.07, 6.45) is 2.98. The number of carbonyl (C=O) groups excluding carboxylic acids is 1. The van der Waals surface area contributed by atoms with E-state index in [1.807, 2.05) is 0 Å². The van der Waals surface area contributed by atoms with Gasteiger partial charge in [0.15, 0.2) is 11.5 Å². The third-order valence-corrected chi connectivity index (χ3v) is 5.31. The number of fused-ring (bicyclic) bond motifs is 2. The normalized spacial score (nSPS) is 16.0. The lowest BCUT2D eigenvalue weighted by Crippen LogP contribution is -2.43. The van der Waals surface area contributed by atoms with Crippen molar-refractivity contribution < 1.29 is 23.4 Å². The summed E-state index contributed by atoms with van der Waals surface area (Å²) in [4.78, 5) is 18.6. The second-order valence-electron chi connectivity index (χ2n) is 7.27. The number of likely N-dealkylation sites (tertiary alicyclic amines) is 1. The molecule has 0 radical (unpaired) electrons. The molecule has 1 fully saturated rings. The largest absolute Gasteiger partial charge is 0.490 e. The highest BCUT2D eigenvalue weighted by molar-refractivity contribution is 5.90. The molecule has 0 aliphatic carbocycles. The van der Waals surface area contributed by atoms with E-state index < -0.39 is 0 Å². The van der Waals surface area contributed by atoms with Gasteiger partial charge in [-0.25, -0.2) is 9.18 Å². The number of hydrogen-bond acceptors (Lipinski definition) is 5.